The van der Waals surface area contributed by atoms with Crippen molar-refractivity contribution in [2.24, 2.45) is 0 Å². The number of rotatable bonds is 6. The summed E-state index contributed by atoms with van der Waals surface area (Å²) in [4.78, 5) is 15.8. The third kappa shape index (κ3) is 3.60. The first-order chi connectivity index (χ1) is 10.3. The van der Waals surface area contributed by atoms with Gasteiger partial charge in [0.25, 0.3) is 0 Å². The van der Waals surface area contributed by atoms with Crippen molar-refractivity contribution < 1.29 is 0 Å². The van der Waals surface area contributed by atoms with Gasteiger partial charge in [-0.3, -0.25) is 0 Å². The summed E-state index contributed by atoms with van der Waals surface area (Å²) in [5.41, 5.74) is 1.01. The van der Waals surface area contributed by atoms with Crippen LogP contribution in [0.25, 0.3) is 0 Å². The van der Waals surface area contributed by atoms with Gasteiger partial charge in [-0.25, -0.2) is 0 Å². The Balaban J connectivity index is 1.84. The third-order valence-corrected chi connectivity index (χ3v) is 4.01. The van der Waals surface area contributed by atoms with Gasteiger partial charge in [-0.05, 0) is 30.7 Å². The van der Waals surface area contributed by atoms with Crippen LogP contribution in [-0.2, 0) is 0 Å². The Morgan fingerprint density at radius 2 is 2.00 bits per heavy atom. The molecule has 2 N–H and O–H groups in total. The van der Waals surface area contributed by atoms with Crippen molar-refractivity contribution in [2.45, 2.75) is 26.2 Å². The van der Waals surface area contributed by atoms with E-state index in [1.54, 1.807) is 11.3 Å². The molecule has 1 fully saturated rings. The smallest absolute Gasteiger partial charge is 0.233 e. The van der Waals surface area contributed by atoms with Crippen LogP contribution in [0.5, 0.6) is 0 Å². The van der Waals surface area contributed by atoms with Gasteiger partial charge in [0, 0.05) is 25.0 Å². The highest BCUT2D eigenvalue weighted by molar-refractivity contribution is 7.08. The summed E-state index contributed by atoms with van der Waals surface area (Å²) in [5, 5.41) is 10.6. The van der Waals surface area contributed by atoms with Crippen molar-refractivity contribution in [2.75, 3.05) is 35.2 Å². The van der Waals surface area contributed by atoms with Crippen LogP contribution in [-0.4, -0.2) is 34.6 Å². The van der Waals surface area contributed by atoms with Crippen LogP contribution in [0.15, 0.2) is 16.8 Å². The van der Waals surface area contributed by atoms with Crippen molar-refractivity contribution in [1.29, 1.82) is 0 Å². The van der Waals surface area contributed by atoms with Gasteiger partial charge in [0.2, 0.25) is 17.8 Å². The first-order valence-electron chi connectivity index (χ1n) is 7.39. The maximum Gasteiger partial charge on any atom is 0.233 e. The summed E-state index contributed by atoms with van der Waals surface area (Å²) in [6.45, 7) is 5.03. The van der Waals surface area contributed by atoms with Crippen molar-refractivity contribution in [1.82, 2.24) is 15.0 Å². The summed E-state index contributed by atoms with van der Waals surface area (Å²) in [6.07, 6.45) is 3.45. The molecule has 7 heteroatoms. The van der Waals surface area contributed by atoms with Crippen molar-refractivity contribution in [3.8, 4) is 0 Å². The van der Waals surface area contributed by atoms with E-state index in [9.17, 15) is 0 Å². The van der Waals surface area contributed by atoms with E-state index in [-0.39, 0.29) is 0 Å². The molecule has 0 atom stereocenters. The molecule has 1 aliphatic heterocycles. The van der Waals surface area contributed by atoms with Gasteiger partial charge in [-0.1, -0.05) is 6.92 Å². The number of anilines is 4. The van der Waals surface area contributed by atoms with Crippen LogP contribution in [0, 0.1) is 0 Å². The number of aromatic nitrogens is 3. The van der Waals surface area contributed by atoms with Gasteiger partial charge in [-0.15, -0.1) is 0 Å². The Labute approximate surface area is 128 Å². The van der Waals surface area contributed by atoms with E-state index in [2.05, 4.69) is 37.4 Å². The number of nitrogens with one attached hydrogen (secondary N) is 2. The molecule has 3 rings (SSSR count). The minimum Gasteiger partial charge on any atom is -0.354 e. The summed E-state index contributed by atoms with van der Waals surface area (Å²) >= 11 is 1.65. The average molecular weight is 304 g/mol. The summed E-state index contributed by atoms with van der Waals surface area (Å²) in [6, 6.07) is 2.02. The van der Waals surface area contributed by atoms with E-state index >= 15 is 0 Å². The highest BCUT2D eigenvalue weighted by Gasteiger charge is 2.17. The quantitative estimate of drug-likeness (QED) is 0.855. The molecule has 0 radical (unpaired) electrons. The van der Waals surface area contributed by atoms with E-state index in [1.807, 2.05) is 16.8 Å². The molecule has 0 unspecified atom stereocenters. The Morgan fingerprint density at radius 1 is 1.19 bits per heavy atom. The Kier molecular flexibility index (Phi) is 4.49. The zero-order chi connectivity index (χ0) is 14.5. The Morgan fingerprint density at radius 3 is 2.71 bits per heavy atom. The minimum atomic E-state index is 0.601. The van der Waals surface area contributed by atoms with Crippen LogP contribution in [0.4, 0.5) is 23.5 Å². The lowest BCUT2D eigenvalue weighted by atomic mass is 10.4. The largest absolute Gasteiger partial charge is 0.354 e. The SMILES string of the molecule is CCCNc1nc(Nc2ccsc2)nc(N2CCCC2)n1. The lowest BCUT2D eigenvalue weighted by Crippen LogP contribution is -2.22. The molecule has 0 bridgehead atoms. The second-order valence-corrected chi connectivity index (χ2v) is 5.82. The van der Waals surface area contributed by atoms with Gasteiger partial charge >= 0.3 is 0 Å². The molecule has 21 heavy (non-hydrogen) atoms. The van der Waals surface area contributed by atoms with E-state index in [4.69, 9.17) is 0 Å². The predicted molar refractivity (Wildman–Crippen MR) is 87.7 cm³/mol. The highest BCUT2D eigenvalue weighted by atomic mass is 32.1. The predicted octanol–water partition coefficient (Wildman–Crippen LogP) is 3.10. The monoisotopic (exact) mass is 304 g/mol. The Hall–Kier alpha value is -1.89. The van der Waals surface area contributed by atoms with Crippen LogP contribution in [0.3, 0.4) is 0 Å². The molecule has 2 aromatic rings. The minimum absolute atomic E-state index is 0.601. The van der Waals surface area contributed by atoms with E-state index in [1.165, 1.54) is 12.8 Å². The van der Waals surface area contributed by atoms with Gasteiger partial charge < -0.3 is 15.5 Å². The second-order valence-electron chi connectivity index (χ2n) is 5.04. The molecule has 0 aromatic carbocycles. The molecule has 0 spiro atoms. The van der Waals surface area contributed by atoms with E-state index in [0.717, 1.165) is 37.7 Å². The van der Waals surface area contributed by atoms with Gasteiger partial charge in [-0.2, -0.15) is 26.3 Å². The molecule has 0 amide bonds. The molecule has 0 saturated carbocycles. The molecule has 1 saturated heterocycles. The lowest BCUT2D eigenvalue weighted by Gasteiger charge is -2.17. The molecule has 112 valence electrons. The molecular weight excluding hydrogens is 284 g/mol. The highest BCUT2D eigenvalue weighted by Crippen LogP contribution is 2.21. The maximum absolute atomic E-state index is 4.56. The number of thiophene rings is 1. The van der Waals surface area contributed by atoms with Crippen LogP contribution in [0.2, 0.25) is 0 Å². The third-order valence-electron chi connectivity index (χ3n) is 3.32. The fraction of sp³-hybridized carbons (Fsp3) is 0.500. The molecule has 6 nitrogen and oxygen atoms in total. The summed E-state index contributed by atoms with van der Waals surface area (Å²) < 4.78 is 0. The number of nitrogens with zero attached hydrogens (tertiary/aromatic N) is 4. The average Bonchev–Trinajstić information content (AvgIpc) is 3.18. The van der Waals surface area contributed by atoms with Gasteiger partial charge in [0.1, 0.15) is 0 Å². The fourth-order valence-electron chi connectivity index (χ4n) is 2.26. The standard InChI is InChI=1S/C14H20N6S/c1-2-6-15-12-17-13(16-11-5-9-21-10-11)19-14(18-12)20-7-3-4-8-20/h5,9-10H,2-4,6-8H2,1H3,(H2,15,16,17,18,19). The van der Waals surface area contributed by atoms with Gasteiger partial charge in [0.05, 0.1) is 5.69 Å². The number of hydrogen-bond acceptors (Lipinski definition) is 7. The zero-order valence-corrected chi connectivity index (χ0v) is 13.0. The topological polar surface area (TPSA) is 66.0 Å². The molecular formula is C14H20N6S. The first-order valence-corrected chi connectivity index (χ1v) is 8.33. The molecule has 1 aliphatic rings. The van der Waals surface area contributed by atoms with Crippen molar-refractivity contribution in [3.63, 3.8) is 0 Å². The first kappa shape index (κ1) is 14.1. The normalized spacial score (nSPS) is 14.4. The Bertz CT molecular complexity index is 565. The summed E-state index contributed by atoms with van der Waals surface area (Å²) in [7, 11) is 0. The maximum atomic E-state index is 4.56. The molecule has 0 aliphatic carbocycles. The lowest BCUT2D eigenvalue weighted by molar-refractivity contribution is 0.873. The fourth-order valence-corrected chi connectivity index (χ4v) is 2.85. The van der Waals surface area contributed by atoms with Crippen LogP contribution in [0.1, 0.15) is 26.2 Å². The van der Waals surface area contributed by atoms with Crippen molar-refractivity contribution in [3.05, 3.63) is 16.8 Å². The summed E-state index contributed by atoms with van der Waals surface area (Å²) in [5.74, 6) is 2.01. The van der Waals surface area contributed by atoms with Crippen LogP contribution >= 0.6 is 11.3 Å². The number of hydrogen-bond donors (Lipinski definition) is 2. The zero-order valence-electron chi connectivity index (χ0n) is 12.2. The molecule has 3 heterocycles. The molecule has 2 aromatic heterocycles. The van der Waals surface area contributed by atoms with E-state index < -0.39 is 0 Å². The van der Waals surface area contributed by atoms with Gasteiger partial charge in [0.15, 0.2) is 0 Å². The van der Waals surface area contributed by atoms with Crippen molar-refractivity contribution >= 4 is 34.9 Å². The van der Waals surface area contributed by atoms with Crippen LogP contribution < -0.4 is 15.5 Å². The van der Waals surface area contributed by atoms with E-state index in [0.29, 0.717) is 11.9 Å². The second kappa shape index (κ2) is 6.71.